The van der Waals surface area contributed by atoms with Crippen LogP contribution in [0.3, 0.4) is 0 Å². The summed E-state index contributed by atoms with van der Waals surface area (Å²) in [6.45, 7) is 16.4. The molecule has 4 nitrogen and oxygen atoms in total. The normalized spacial score (nSPS) is 16.6. The molecule has 22 heavy (non-hydrogen) atoms. The lowest BCUT2D eigenvalue weighted by atomic mass is 9.93. The Morgan fingerprint density at radius 1 is 1.14 bits per heavy atom. The molecule has 0 saturated heterocycles. The van der Waals surface area contributed by atoms with E-state index in [-0.39, 0.29) is 5.41 Å². The summed E-state index contributed by atoms with van der Waals surface area (Å²) in [4.78, 5) is 2.47. The molecule has 0 bridgehead atoms. The maximum atomic E-state index is 4.39. The van der Waals surface area contributed by atoms with E-state index in [0.29, 0.717) is 11.8 Å². The van der Waals surface area contributed by atoms with Gasteiger partial charge < -0.3 is 0 Å². The summed E-state index contributed by atoms with van der Waals surface area (Å²) < 4.78 is 2.03. The monoisotopic (exact) mass is 302 g/mol. The van der Waals surface area contributed by atoms with Crippen molar-refractivity contribution in [3.8, 4) is 0 Å². The van der Waals surface area contributed by atoms with Crippen molar-refractivity contribution in [2.24, 2.45) is 17.3 Å². The predicted octanol–water partition coefficient (Wildman–Crippen LogP) is 2.01. The molecule has 0 saturated carbocycles. The maximum Gasteiger partial charge on any atom is 0.110 e. The van der Waals surface area contributed by atoms with E-state index in [1.165, 1.54) is 0 Å². The van der Waals surface area contributed by atoms with Gasteiger partial charge >= 0.3 is 0 Å². The van der Waals surface area contributed by atoms with Crippen LogP contribution in [-0.4, -0.2) is 33.0 Å². The molecule has 4 heteroatoms. The molecular formula is C18H30N4. The van der Waals surface area contributed by atoms with Gasteiger partial charge in [0.1, 0.15) is 5.35 Å². The zero-order valence-electron chi connectivity index (χ0n) is 14.9. The minimum Gasteiger partial charge on any atom is -0.284 e. The summed E-state index contributed by atoms with van der Waals surface area (Å²) in [5, 5.41) is 10.9. The highest BCUT2D eigenvalue weighted by molar-refractivity contribution is 5.45. The van der Waals surface area contributed by atoms with Gasteiger partial charge in [-0.25, -0.2) is 4.68 Å². The van der Waals surface area contributed by atoms with E-state index in [0.717, 1.165) is 30.5 Å². The Morgan fingerprint density at radius 2 is 1.77 bits per heavy atom. The number of rotatable bonds is 6. The molecule has 0 radical (unpaired) electrons. The third-order valence-corrected chi connectivity index (χ3v) is 3.67. The SMILES string of the molecule is CC(C)CN(CC(C)C)Cn1nnc2c1=CC=CC(C)(C)C=2. The van der Waals surface area contributed by atoms with Crippen LogP contribution in [0.4, 0.5) is 0 Å². The number of hydrogen-bond acceptors (Lipinski definition) is 3. The predicted molar refractivity (Wildman–Crippen MR) is 92.4 cm³/mol. The largest absolute Gasteiger partial charge is 0.284 e. The van der Waals surface area contributed by atoms with Gasteiger partial charge in [-0.05, 0) is 24.0 Å². The molecule has 122 valence electrons. The zero-order chi connectivity index (χ0) is 16.3. The summed E-state index contributed by atoms with van der Waals surface area (Å²) in [6, 6.07) is 0. The molecule has 0 fully saturated rings. The highest BCUT2D eigenvalue weighted by atomic mass is 15.5. The van der Waals surface area contributed by atoms with Gasteiger partial charge in [0.15, 0.2) is 0 Å². The number of aromatic nitrogens is 3. The molecule has 0 N–H and O–H groups in total. The first-order valence-electron chi connectivity index (χ1n) is 8.31. The van der Waals surface area contributed by atoms with Crippen LogP contribution in [-0.2, 0) is 6.67 Å². The van der Waals surface area contributed by atoms with Crippen molar-refractivity contribution in [2.75, 3.05) is 13.1 Å². The Balaban J connectivity index is 2.29. The molecule has 0 atom stereocenters. The minimum absolute atomic E-state index is 0.0260. The second kappa shape index (κ2) is 6.78. The Kier molecular flexibility index (Phi) is 5.22. The molecule has 0 aliphatic heterocycles. The summed E-state index contributed by atoms with van der Waals surface area (Å²) in [7, 11) is 0. The lowest BCUT2D eigenvalue weighted by Gasteiger charge is -2.25. The van der Waals surface area contributed by atoms with E-state index in [1.54, 1.807) is 0 Å². The number of hydrogen-bond donors (Lipinski definition) is 0. The quantitative estimate of drug-likeness (QED) is 0.806. The van der Waals surface area contributed by atoms with Crippen molar-refractivity contribution in [3.63, 3.8) is 0 Å². The van der Waals surface area contributed by atoms with Crippen molar-refractivity contribution in [2.45, 2.75) is 48.2 Å². The Labute approximate surface area is 134 Å². The minimum atomic E-state index is 0.0260. The molecule has 1 aromatic rings. The van der Waals surface area contributed by atoms with Crippen molar-refractivity contribution in [3.05, 3.63) is 22.9 Å². The topological polar surface area (TPSA) is 34.0 Å². The van der Waals surface area contributed by atoms with Crippen molar-refractivity contribution in [1.29, 1.82) is 0 Å². The van der Waals surface area contributed by atoms with Crippen LogP contribution in [0.1, 0.15) is 41.5 Å². The van der Waals surface area contributed by atoms with Gasteiger partial charge in [0.2, 0.25) is 0 Å². The molecule has 1 aliphatic carbocycles. The fraction of sp³-hybridized carbons (Fsp3) is 0.667. The van der Waals surface area contributed by atoms with Gasteiger partial charge in [-0.15, -0.1) is 5.10 Å². The fourth-order valence-corrected chi connectivity index (χ4v) is 2.91. The van der Waals surface area contributed by atoms with Crippen LogP contribution in [0, 0.1) is 17.3 Å². The average molecular weight is 302 g/mol. The standard InChI is InChI=1S/C18H30N4/c1-14(2)11-21(12-15(3)4)13-22-17-8-7-9-18(5,6)10-16(17)19-20-22/h7-10,14-15H,11-13H2,1-6H3. The second-order valence-corrected chi connectivity index (χ2v) is 7.82. The van der Waals surface area contributed by atoms with E-state index in [2.05, 4.69) is 81.1 Å². The fourth-order valence-electron chi connectivity index (χ4n) is 2.91. The maximum absolute atomic E-state index is 4.39. The van der Waals surface area contributed by atoms with Crippen LogP contribution in [0.25, 0.3) is 12.2 Å². The lowest BCUT2D eigenvalue weighted by Crippen LogP contribution is -2.39. The van der Waals surface area contributed by atoms with Crippen LogP contribution in [0.2, 0.25) is 0 Å². The van der Waals surface area contributed by atoms with Crippen LogP contribution >= 0.6 is 0 Å². The van der Waals surface area contributed by atoms with Gasteiger partial charge in [-0.3, -0.25) is 4.90 Å². The van der Waals surface area contributed by atoms with Gasteiger partial charge in [0.25, 0.3) is 0 Å². The highest BCUT2D eigenvalue weighted by Gasteiger charge is 2.15. The molecule has 0 aromatic carbocycles. The summed E-state index contributed by atoms with van der Waals surface area (Å²) in [5.74, 6) is 1.30. The smallest absolute Gasteiger partial charge is 0.110 e. The van der Waals surface area contributed by atoms with E-state index in [4.69, 9.17) is 0 Å². The van der Waals surface area contributed by atoms with E-state index < -0.39 is 0 Å². The Hall–Kier alpha value is -1.42. The third kappa shape index (κ3) is 4.54. The Bertz CT molecular complexity index is 625. The number of nitrogens with zero attached hydrogens (tertiary/aromatic N) is 4. The molecule has 1 heterocycles. The second-order valence-electron chi connectivity index (χ2n) is 7.82. The molecule has 1 aliphatic rings. The number of allylic oxidation sites excluding steroid dienone is 2. The summed E-state index contributed by atoms with van der Waals surface area (Å²) in [6.07, 6.45) is 8.65. The highest BCUT2D eigenvalue weighted by Crippen LogP contribution is 2.19. The molecule has 0 spiro atoms. The zero-order valence-corrected chi connectivity index (χ0v) is 14.9. The molecule has 1 aromatic heterocycles. The summed E-state index contributed by atoms with van der Waals surface area (Å²) in [5.41, 5.74) is 0.0260. The molecule has 2 rings (SSSR count). The Morgan fingerprint density at radius 3 is 2.36 bits per heavy atom. The van der Waals surface area contributed by atoms with E-state index in [9.17, 15) is 0 Å². The van der Waals surface area contributed by atoms with Crippen molar-refractivity contribution in [1.82, 2.24) is 19.9 Å². The first-order chi connectivity index (χ1) is 10.3. The van der Waals surface area contributed by atoms with Crippen LogP contribution in [0.15, 0.2) is 12.2 Å². The molecule has 0 unspecified atom stereocenters. The molecule has 0 amide bonds. The van der Waals surface area contributed by atoms with Gasteiger partial charge in [0, 0.05) is 18.5 Å². The summed E-state index contributed by atoms with van der Waals surface area (Å²) >= 11 is 0. The van der Waals surface area contributed by atoms with Gasteiger partial charge in [-0.2, -0.15) is 0 Å². The first-order valence-corrected chi connectivity index (χ1v) is 8.31. The first kappa shape index (κ1) is 16.9. The van der Waals surface area contributed by atoms with Gasteiger partial charge in [-0.1, -0.05) is 58.9 Å². The van der Waals surface area contributed by atoms with E-state index in [1.807, 2.05) is 4.68 Å². The number of fused-ring (bicyclic) bond motifs is 1. The molecular weight excluding hydrogens is 272 g/mol. The lowest BCUT2D eigenvalue weighted by molar-refractivity contribution is 0.162. The van der Waals surface area contributed by atoms with Crippen LogP contribution in [0.5, 0.6) is 0 Å². The van der Waals surface area contributed by atoms with Gasteiger partial charge in [0.05, 0.1) is 12.0 Å². The van der Waals surface area contributed by atoms with Crippen LogP contribution < -0.4 is 10.7 Å². The van der Waals surface area contributed by atoms with E-state index >= 15 is 0 Å². The van der Waals surface area contributed by atoms with Crippen molar-refractivity contribution >= 4 is 12.2 Å². The van der Waals surface area contributed by atoms with Crippen molar-refractivity contribution < 1.29 is 0 Å². The average Bonchev–Trinajstić information content (AvgIpc) is 2.63. The third-order valence-electron chi connectivity index (χ3n) is 3.67.